The number of nitrogens with zero attached hydrogens (tertiary/aromatic N) is 1. The lowest BCUT2D eigenvalue weighted by Gasteiger charge is -2.26. The lowest BCUT2D eigenvalue weighted by Crippen LogP contribution is -2.38. The first-order chi connectivity index (χ1) is 12.5. The van der Waals surface area contributed by atoms with Crippen molar-refractivity contribution in [3.05, 3.63) is 53.1 Å². The van der Waals surface area contributed by atoms with Crippen molar-refractivity contribution in [2.24, 2.45) is 5.41 Å². The molecule has 0 spiro atoms. The molecular weight excluding hydrogens is 360 g/mol. The Bertz CT molecular complexity index is 1000. The van der Waals surface area contributed by atoms with E-state index in [1.54, 1.807) is 35.2 Å². The van der Waals surface area contributed by atoms with Crippen molar-refractivity contribution in [3.8, 4) is 0 Å². The zero-order valence-electron chi connectivity index (χ0n) is 16.5. The molecule has 2 aromatic carbocycles. The summed E-state index contributed by atoms with van der Waals surface area (Å²) < 4.78 is 28.1. The zero-order chi connectivity index (χ0) is 20.0. The summed E-state index contributed by atoms with van der Waals surface area (Å²) in [6.45, 7) is 10.1. The molecule has 1 heterocycles. The van der Waals surface area contributed by atoms with Crippen LogP contribution < -0.4 is 9.62 Å². The van der Waals surface area contributed by atoms with Crippen LogP contribution in [0.5, 0.6) is 0 Å². The van der Waals surface area contributed by atoms with E-state index < -0.39 is 15.4 Å². The van der Waals surface area contributed by atoms with Crippen molar-refractivity contribution in [3.63, 3.8) is 0 Å². The average molecular weight is 387 g/mol. The van der Waals surface area contributed by atoms with Gasteiger partial charge in [0.2, 0.25) is 5.91 Å². The Hall–Kier alpha value is -2.34. The van der Waals surface area contributed by atoms with Crippen LogP contribution in [0.4, 0.5) is 11.4 Å². The number of sulfonamides is 1. The summed E-state index contributed by atoms with van der Waals surface area (Å²) in [5.74, 6) is 0.0374. The number of carbonyl (C=O) groups excluding carboxylic acids is 1. The first-order valence-corrected chi connectivity index (χ1v) is 10.5. The molecule has 0 aromatic heterocycles. The maximum Gasteiger partial charge on any atom is 0.261 e. The molecule has 0 atom stereocenters. The fourth-order valence-corrected chi connectivity index (χ4v) is 4.29. The van der Waals surface area contributed by atoms with Crippen LogP contribution in [-0.4, -0.2) is 20.9 Å². The number of fused-ring (bicyclic) bond motifs is 1. The second kappa shape index (κ2) is 6.68. The fraction of sp³-hybridized carbons (Fsp3) is 0.381. The van der Waals surface area contributed by atoms with E-state index in [9.17, 15) is 13.2 Å². The van der Waals surface area contributed by atoms with Gasteiger partial charge in [0.1, 0.15) is 0 Å². The van der Waals surface area contributed by atoms with Crippen LogP contribution in [0.2, 0.25) is 0 Å². The molecule has 1 aliphatic rings. The third kappa shape index (κ3) is 3.86. The van der Waals surface area contributed by atoms with E-state index in [1.165, 1.54) is 0 Å². The number of amides is 1. The summed E-state index contributed by atoms with van der Waals surface area (Å²) in [6, 6.07) is 10.5. The highest BCUT2D eigenvalue weighted by Crippen LogP contribution is 2.34. The molecule has 3 rings (SSSR count). The summed E-state index contributed by atoms with van der Waals surface area (Å²) in [7, 11) is -3.69. The van der Waals surface area contributed by atoms with Crippen molar-refractivity contribution in [2.75, 3.05) is 16.2 Å². The molecule has 0 saturated heterocycles. The molecule has 0 unspecified atom stereocenters. The quantitative estimate of drug-likeness (QED) is 0.866. The van der Waals surface area contributed by atoms with Crippen molar-refractivity contribution in [1.82, 2.24) is 0 Å². The van der Waals surface area contributed by atoms with E-state index in [1.807, 2.05) is 40.7 Å². The van der Waals surface area contributed by atoms with Gasteiger partial charge in [0.15, 0.2) is 0 Å². The first kappa shape index (κ1) is 19.4. The summed E-state index contributed by atoms with van der Waals surface area (Å²) >= 11 is 0. The third-order valence-corrected chi connectivity index (χ3v) is 6.29. The third-order valence-electron chi connectivity index (χ3n) is 4.91. The summed E-state index contributed by atoms with van der Waals surface area (Å²) in [4.78, 5) is 14.7. The number of hydrogen-bond acceptors (Lipinski definition) is 3. The van der Waals surface area contributed by atoms with Gasteiger partial charge in [0.25, 0.3) is 10.0 Å². The Morgan fingerprint density at radius 2 is 1.74 bits per heavy atom. The van der Waals surface area contributed by atoms with Crippen molar-refractivity contribution in [1.29, 1.82) is 0 Å². The smallest absolute Gasteiger partial charge is 0.261 e. The molecule has 5 nitrogen and oxygen atoms in total. The summed E-state index contributed by atoms with van der Waals surface area (Å²) in [6.07, 6.45) is 0.779. The van der Waals surface area contributed by atoms with E-state index in [2.05, 4.69) is 4.72 Å². The van der Waals surface area contributed by atoms with Crippen LogP contribution in [-0.2, 0) is 21.2 Å². The van der Waals surface area contributed by atoms with Crippen LogP contribution in [0.25, 0.3) is 0 Å². The minimum Gasteiger partial charge on any atom is -0.311 e. The van der Waals surface area contributed by atoms with Gasteiger partial charge in [-0.2, -0.15) is 0 Å². The monoisotopic (exact) mass is 386 g/mol. The highest BCUT2D eigenvalue weighted by molar-refractivity contribution is 7.92. The molecule has 1 N–H and O–H groups in total. The normalized spacial score (nSPS) is 14.2. The highest BCUT2D eigenvalue weighted by atomic mass is 32.2. The first-order valence-electron chi connectivity index (χ1n) is 9.04. The molecule has 27 heavy (non-hydrogen) atoms. The predicted molar refractivity (Wildman–Crippen MR) is 109 cm³/mol. The molecule has 0 radical (unpaired) electrons. The molecule has 0 bridgehead atoms. The number of aryl methyl sites for hydroxylation is 2. The van der Waals surface area contributed by atoms with Gasteiger partial charge in [0.05, 0.1) is 10.6 Å². The van der Waals surface area contributed by atoms with Gasteiger partial charge in [-0.25, -0.2) is 8.42 Å². The van der Waals surface area contributed by atoms with Crippen LogP contribution in [0.3, 0.4) is 0 Å². The predicted octanol–water partition coefficient (Wildman–Crippen LogP) is 4.04. The molecule has 2 aromatic rings. The van der Waals surface area contributed by atoms with E-state index >= 15 is 0 Å². The van der Waals surface area contributed by atoms with Crippen LogP contribution in [0.1, 0.15) is 37.5 Å². The molecule has 144 valence electrons. The molecule has 0 fully saturated rings. The lowest BCUT2D eigenvalue weighted by molar-refractivity contribution is -0.125. The van der Waals surface area contributed by atoms with Crippen LogP contribution >= 0.6 is 0 Å². The Morgan fingerprint density at radius 1 is 1.04 bits per heavy atom. The molecule has 0 saturated carbocycles. The second-order valence-electron chi connectivity index (χ2n) is 8.15. The van der Waals surface area contributed by atoms with Gasteiger partial charge in [-0.05, 0) is 61.2 Å². The van der Waals surface area contributed by atoms with Crippen molar-refractivity contribution >= 4 is 27.3 Å². The number of rotatable bonds is 3. The van der Waals surface area contributed by atoms with Crippen LogP contribution in [0.15, 0.2) is 41.3 Å². The number of benzene rings is 2. The molecule has 0 aliphatic carbocycles. The van der Waals surface area contributed by atoms with E-state index in [4.69, 9.17) is 0 Å². The number of anilines is 2. The fourth-order valence-electron chi connectivity index (χ4n) is 3.15. The molecule has 1 aliphatic heterocycles. The largest absolute Gasteiger partial charge is 0.311 e. The average Bonchev–Trinajstić information content (AvgIpc) is 2.98. The second-order valence-corrected chi connectivity index (χ2v) is 9.83. The molecular formula is C21H26N2O3S. The number of nitrogens with one attached hydrogen (secondary N) is 1. The van der Waals surface area contributed by atoms with E-state index in [0.29, 0.717) is 12.2 Å². The minimum absolute atomic E-state index is 0.0374. The zero-order valence-corrected chi connectivity index (χ0v) is 17.3. The Morgan fingerprint density at radius 3 is 2.37 bits per heavy atom. The van der Waals surface area contributed by atoms with Crippen molar-refractivity contribution < 1.29 is 13.2 Å². The van der Waals surface area contributed by atoms with Crippen molar-refractivity contribution in [2.45, 2.75) is 45.9 Å². The Balaban J connectivity index is 1.91. The lowest BCUT2D eigenvalue weighted by atomic mass is 9.94. The topological polar surface area (TPSA) is 66.5 Å². The van der Waals surface area contributed by atoms with Gasteiger partial charge in [0, 0.05) is 17.6 Å². The van der Waals surface area contributed by atoms with Gasteiger partial charge in [-0.1, -0.05) is 32.9 Å². The maximum atomic E-state index is 12.7. The van der Waals surface area contributed by atoms with Gasteiger partial charge in [-0.3, -0.25) is 9.52 Å². The van der Waals surface area contributed by atoms with Gasteiger partial charge in [-0.15, -0.1) is 0 Å². The number of hydrogen-bond donors (Lipinski definition) is 1. The Kier molecular flexibility index (Phi) is 4.80. The van der Waals surface area contributed by atoms with Gasteiger partial charge < -0.3 is 4.90 Å². The maximum absolute atomic E-state index is 12.7. The van der Waals surface area contributed by atoms with E-state index in [-0.39, 0.29) is 10.8 Å². The van der Waals surface area contributed by atoms with E-state index in [0.717, 1.165) is 28.8 Å². The minimum atomic E-state index is -3.69. The summed E-state index contributed by atoms with van der Waals surface area (Å²) in [5, 5.41) is 0. The Labute approximate surface area is 161 Å². The standard InChI is InChI=1S/C21H26N2O3S/c1-14-6-9-18(12-15(14)2)27(25,26)22-17-8-7-16-10-11-23(19(16)13-17)20(24)21(3,4)5/h6-9,12-13,22H,10-11H2,1-5H3. The van der Waals surface area contributed by atoms with Crippen LogP contribution in [0, 0.1) is 19.3 Å². The molecule has 6 heteroatoms. The van der Waals surface area contributed by atoms with Gasteiger partial charge >= 0.3 is 0 Å². The highest BCUT2D eigenvalue weighted by Gasteiger charge is 2.32. The summed E-state index contributed by atoms with van der Waals surface area (Å²) in [5.41, 5.74) is 3.78. The molecule has 1 amide bonds. The SMILES string of the molecule is Cc1ccc(S(=O)(=O)Nc2ccc3c(c2)N(C(=O)C(C)(C)C)CC3)cc1C. The number of carbonyl (C=O) groups is 1.